The summed E-state index contributed by atoms with van der Waals surface area (Å²) in [5.41, 5.74) is -0.240. The summed E-state index contributed by atoms with van der Waals surface area (Å²) >= 11 is 0. The number of carbonyl (C=O) groups is 2. The predicted molar refractivity (Wildman–Crippen MR) is 105 cm³/mol. The lowest BCUT2D eigenvalue weighted by Gasteiger charge is -2.23. The molecule has 1 N–H and O–H groups in total. The van der Waals surface area contributed by atoms with Gasteiger partial charge in [0.2, 0.25) is 10.0 Å². The maximum atomic E-state index is 12.9. The summed E-state index contributed by atoms with van der Waals surface area (Å²) in [4.78, 5) is 34.0. The number of nitro groups is 1. The number of Topliss-reactive ketones (excluding diaryl/α,β-unsaturated/α-hetero) is 1. The molecule has 2 rings (SSSR count). The molecule has 0 saturated carbocycles. The molecule has 1 aliphatic rings. The molecule has 12 heteroatoms. The Kier molecular flexibility index (Phi) is 8.26. The Morgan fingerprint density at radius 2 is 2.00 bits per heavy atom. The smallest absolute Gasteiger partial charge is 0.407 e. The Labute approximate surface area is 174 Å². The molecule has 11 nitrogen and oxygen atoms in total. The van der Waals surface area contributed by atoms with Gasteiger partial charge in [0.1, 0.15) is 6.10 Å². The lowest BCUT2D eigenvalue weighted by molar-refractivity contribution is -0.384. The summed E-state index contributed by atoms with van der Waals surface area (Å²) in [6.45, 7) is 3.61. The van der Waals surface area contributed by atoms with Gasteiger partial charge in [-0.25, -0.2) is 13.2 Å². The Hall–Kier alpha value is -2.57. The molecule has 1 aromatic rings. The number of benzene rings is 1. The molecular formula is C18H25N3O8S. The highest BCUT2D eigenvalue weighted by molar-refractivity contribution is 7.89. The monoisotopic (exact) mass is 443 g/mol. The minimum atomic E-state index is -4.06. The van der Waals surface area contributed by atoms with E-state index in [0.29, 0.717) is 19.6 Å². The molecule has 1 heterocycles. The maximum absolute atomic E-state index is 12.9. The van der Waals surface area contributed by atoms with Crippen LogP contribution in [-0.2, 0) is 24.3 Å². The molecule has 30 heavy (non-hydrogen) atoms. The number of ether oxygens (including phenoxy) is 2. The second-order valence-electron chi connectivity index (χ2n) is 7.23. The molecule has 0 bridgehead atoms. The maximum Gasteiger partial charge on any atom is 0.407 e. The van der Waals surface area contributed by atoms with Crippen molar-refractivity contribution in [3.8, 4) is 0 Å². The highest BCUT2D eigenvalue weighted by Crippen LogP contribution is 2.20. The molecule has 1 aromatic carbocycles. The molecule has 1 saturated heterocycles. The predicted octanol–water partition coefficient (Wildman–Crippen LogP) is 1.33. The van der Waals surface area contributed by atoms with Crippen LogP contribution < -0.4 is 5.32 Å². The second-order valence-corrected chi connectivity index (χ2v) is 9.16. The lowest BCUT2D eigenvalue weighted by Crippen LogP contribution is -2.42. The zero-order valence-electron chi connectivity index (χ0n) is 16.8. The average molecular weight is 443 g/mol. The van der Waals surface area contributed by atoms with Crippen LogP contribution in [0.25, 0.3) is 0 Å². The van der Waals surface area contributed by atoms with E-state index >= 15 is 0 Å². The number of nitrogens with one attached hydrogen (secondary N) is 1. The SMILES string of the molecule is CC(C)CN(CC(=O)CNC(=O)O[C@H]1CCOC1)S(=O)(=O)c1ccc([N+](=O)[O-])cc1. The van der Waals surface area contributed by atoms with Gasteiger partial charge >= 0.3 is 6.09 Å². The Morgan fingerprint density at radius 3 is 2.53 bits per heavy atom. The van der Waals surface area contributed by atoms with Crippen molar-refractivity contribution in [3.05, 3.63) is 34.4 Å². The van der Waals surface area contributed by atoms with Crippen LogP contribution in [-0.4, -0.2) is 68.5 Å². The number of hydrogen-bond acceptors (Lipinski definition) is 8. The third-order valence-corrected chi connectivity index (χ3v) is 6.02. The van der Waals surface area contributed by atoms with Gasteiger partial charge in [-0.15, -0.1) is 0 Å². The fourth-order valence-electron chi connectivity index (χ4n) is 2.77. The summed E-state index contributed by atoms with van der Waals surface area (Å²) in [7, 11) is -4.06. The van der Waals surface area contributed by atoms with Crippen LogP contribution in [0.15, 0.2) is 29.2 Å². The van der Waals surface area contributed by atoms with Gasteiger partial charge in [-0.3, -0.25) is 14.9 Å². The van der Waals surface area contributed by atoms with Crippen molar-refractivity contribution in [1.29, 1.82) is 0 Å². The van der Waals surface area contributed by atoms with E-state index in [9.17, 15) is 28.1 Å². The van der Waals surface area contributed by atoms with Gasteiger partial charge in [-0.2, -0.15) is 4.31 Å². The Balaban J connectivity index is 2.01. The summed E-state index contributed by atoms with van der Waals surface area (Å²) < 4.78 is 37.0. The number of rotatable bonds is 10. The first kappa shape index (κ1) is 23.7. The Morgan fingerprint density at radius 1 is 1.33 bits per heavy atom. The number of sulfonamides is 1. The number of nitro benzene ring substituents is 1. The van der Waals surface area contributed by atoms with Gasteiger partial charge in [0.15, 0.2) is 5.78 Å². The van der Waals surface area contributed by atoms with E-state index in [2.05, 4.69) is 5.32 Å². The second kappa shape index (κ2) is 10.5. The first-order valence-corrected chi connectivity index (χ1v) is 10.8. The third kappa shape index (κ3) is 6.75. The topological polar surface area (TPSA) is 145 Å². The van der Waals surface area contributed by atoms with Gasteiger partial charge < -0.3 is 14.8 Å². The van der Waals surface area contributed by atoms with Crippen LogP contribution in [0.3, 0.4) is 0 Å². The molecule has 1 atom stereocenters. The van der Waals surface area contributed by atoms with Crippen LogP contribution in [0.5, 0.6) is 0 Å². The molecule has 1 amide bonds. The van der Waals surface area contributed by atoms with E-state index in [0.717, 1.165) is 28.6 Å². The number of alkyl carbamates (subject to hydrolysis) is 1. The number of hydrogen-bond donors (Lipinski definition) is 1. The summed E-state index contributed by atoms with van der Waals surface area (Å²) in [5.74, 6) is -0.605. The van der Waals surface area contributed by atoms with Gasteiger partial charge in [-0.1, -0.05) is 13.8 Å². The molecule has 1 aliphatic heterocycles. The summed E-state index contributed by atoms with van der Waals surface area (Å²) in [6.07, 6.45) is -0.552. The molecule has 0 aliphatic carbocycles. The van der Waals surface area contributed by atoms with Crippen LogP contribution >= 0.6 is 0 Å². The zero-order valence-corrected chi connectivity index (χ0v) is 17.6. The fourth-order valence-corrected chi connectivity index (χ4v) is 4.35. The van der Waals surface area contributed by atoms with E-state index in [-0.39, 0.29) is 29.1 Å². The number of amides is 1. The van der Waals surface area contributed by atoms with E-state index in [1.54, 1.807) is 13.8 Å². The normalized spacial score (nSPS) is 16.6. The van der Waals surface area contributed by atoms with Crippen molar-refractivity contribution in [2.75, 3.05) is 32.8 Å². The highest BCUT2D eigenvalue weighted by Gasteiger charge is 2.28. The first-order chi connectivity index (χ1) is 14.1. The number of nitrogens with zero attached hydrogens (tertiary/aromatic N) is 2. The van der Waals surface area contributed by atoms with Gasteiger partial charge in [0, 0.05) is 25.1 Å². The van der Waals surface area contributed by atoms with E-state index in [1.807, 2.05) is 0 Å². The van der Waals surface area contributed by atoms with Crippen molar-refractivity contribution in [2.24, 2.45) is 5.92 Å². The van der Waals surface area contributed by atoms with Gasteiger partial charge in [0.25, 0.3) is 5.69 Å². The molecule has 0 aromatic heterocycles. The van der Waals surface area contributed by atoms with E-state index in [4.69, 9.17) is 9.47 Å². The van der Waals surface area contributed by atoms with E-state index < -0.39 is 39.9 Å². The minimum absolute atomic E-state index is 0.0644. The molecule has 1 fully saturated rings. The summed E-state index contributed by atoms with van der Waals surface area (Å²) in [5, 5.41) is 13.1. The largest absolute Gasteiger partial charge is 0.444 e. The number of carbonyl (C=O) groups excluding carboxylic acids is 2. The molecule has 0 radical (unpaired) electrons. The Bertz CT molecular complexity index is 864. The van der Waals surface area contributed by atoms with Crippen LogP contribution in [0, 0.1) is 16.0 Å². The van der Waals surface area contributed by atoms with Crippen LogP contribution in [0.1, 0.15) is 20.3 Å². The molecule has 166 valence electrons. The highest BCUT2D eigenvalue weighted by atomic mass is 32.2. The van der Waals surface area contributed by atoms with Crippen LogP contribution in [0.2, 0.25) is 0 Å². The number of non-ortho nitro benzene ring substituents is 1. The molecule has 0 spiro atoms. The zero-order chi connectivity index (χ0) is 22.3. The minimum Gasteiger partial charge on any atom is -0.444 e. The summed E-state index contributed by atoms with van der Waals surface area (Å²) in [6, 6.07) is 4.44. The fraction of sp³-hybridized carbons (Fsp3) is 0.556. The quantitative estimate of drug-likeness (QED) is 0.421. The average Bonchev–Trinajstić information content (AvgIpc) is 3.18. The van der Waals surface area contributed by atoms with Crippen LogP contribution in [0.4, 0.5) is 10.5 Å². The molecular weight excluding hydrogens is 418 g/mol. The standard InChI is InChI=1S/C18H25N3O8S/c1-13(2)10-20(30(26,27)17-5-3-14(4-6-17)21(24)25)11-15(22)9-19-18(23)29-16-7-8-28-12-16/h3-6,13,16H,7-12H2,1-2H3,(H,19,23)/t16-/m0/s1. The van der Waals surface area contributed by atoms with Crippen molar-refractivity contribution in [3.63, 3.8) is 0 Å². The van der Waals surface area contributed by atoms with Crippen molar-refractivity contribution in [1.82, 2.24) is 9.62 Å². The van der Waals surface area contributed by atoms with Crippen molar-refractivity contribution >= 4 is 27.6 Å². The van der Waals surface area contributed by atoms with E-state index in [1.165, 1.54) is 0 Å². The van der Waals surface area contributed by atoms with Gasteiger partial charge in [0.05, 0.1) is 36.1 Å². The third-order valence-electron chi connectivity index (χ3n) is 4.20. The lowest BCUT2D eigenvalue weighted by atomic mass is 10.2. The molecule has 0 unspecified atom stereocenters. The first-order valence-electron chi connectivity index (χ1n) is 9.38. The number of ketones is 1. The van der Waals surface area contributed by atoms with Crippen molar-refractivity contribution < 1.29 is 32.4 Å². The van der Waals surface area contributed by atoms with Crippen molar-refractivity contribution in [2.45, 2.75) is 31.3 Å². The van der Waals surface area contributed by atoms with Gasteiger partial charge in [-0.05, 0) is 18.1 Å².